The predicted molar refractivity (Wildman–Crippen MR) is 111 cm³/mol. The lowest BCUT2D eigenvalue weighted by molar-refractivity contribution is -0.147. The van der Waals surface area contributed by atoms with Crippen LogP contribution in [0.4, 0.5) is 5.69 Å². The van der Waals surface area contributed by atoms with Gasteiger partial charge in [0.25, 0.3) is 17.4 Å². The molecule has 5 rings (SSSR count). The Balaban J connectivity index is 1.44. The first-order valence-corrected chi connectivity index (χ1v) is 10.0. The number of amides is 2. The maximum absolute atomic E-state index is 13.2. The van der Waals surface area contributed by atoms with E-state index in [4.69, 9.17) is 16.3 Å². The number of anilines is 1. The summed E-state index contributed by atoms with van der Waals surface area (Å²) in [5.41, 5.74) is 2.10. The maximum atomic E-state index is 13.2. The summed E-state index contributed by atoms with van der Waals surface area (Å²) in [5, 5.41) is 7.44. The molecule has 3 N–H and O–H groups in total. The molecule has 3 aromatic rings. The molecule has 2 aromatic carbocycles. The number of hydrogen-bond donors (Lipinski definition) is 3. The highest BCUT2D eigenvalue weighted by Crippen LogP contribution is 2.38. The number of H-pyrrole nitrogens is 1. The Morgan fingerprint density at radius 1 is 1.28 bits per heavy atom. The van der Waals surface area contributed by atoms with E-state index in [1.807, 2.05) is 18.2 Å². The van der Waals surface area contributed by atoms with Crippen LogP contribution in [0.3, 0.4) is 0 Å². The second-order valence-electron chi connectivity index (χ2n) is 7.71. The van der Waals surface area contributed by atoms with Crippen LogP contribution in [-0.4, -0.2) is 22.4 Å². The van der Waals surface area contributed by atoms with E-state index in [2.05, 4.69) is 21.7 Å². The third-order valence-electron chi connectivity index (χ3n) is 5.79. The van der Waals surface area contributed by atoms with Gasteiger partial charge in [-0.25, -0.2) is 0 Å². The normalized spacial score (nSPS) is 23.0. The zero-order chi connectivity index (χ0) is 20.2. The standard InChI is InChI=1S/C22H20ClN3O3/c1-22(21(28)26-17-11-12(23)9-10-18(17)29-22)20(27)25-16-8-4-6-14-13-5-2-3-7-15(13)24-19(14)16/h2-3,5,7,9-11,16,24H,4,6,8H2,1H3,(H,25,27)(H,26,28). The van der Waals surface area contributed by atoms with Crippen molar-refractivity contribution in [3.8, 4) is 5.75 Å². The molecule has 2 amide bonds. The molecule has 0 bridgehead atoms. The summed E-state index contributed by atoms with van der Waals surface area (Å²) in [6, 6.07) is 12.9. The Kier molecular flexibility index (Phi) is 4.06. The summed E-state index contributed by atoms with van der Waals surface area (Å²) >= 11 is 5.98. The summed E-state index contributed by atoms with van der Waals surface area (Å²) in [6.45, 7) is 1.49. The average molecular weight is 410 g/mol. The Morgan fingerprint density at radius 3 is 2.97 bits per heavy atom. The van der Waals surface area contributed by atoms with Gasteiger partial charge >= 0.3 is 0 Å². The fraction of sp³-hybridized carbons (Fsp3) is 0.273. The number of aromatic amines is 1. The Bertz CT molecular complexity index is 1160. The first-order valence-electron chi connectivity index (χ1n) is 9.66. The Labute approximate surface area is 172 Å². The van der Waals surface area contributed by atoms with Crippen molar-refractivity contribution in [2.24, 2.45) is 0 Å². The monoisotopic (exact) mass is 409 g/mol. The van der Waals surface area contributed by atoms with Gasteiger partial charge < -0.3 is 20.4 Å². The van der Waals surface area contributed by atoms with Crippen molar-refractivity contribution in [1.82, 2.24) is 10.3 Å². The highest BCUT2D eigenvalue weighted by Gasteiger charge is 2.48. The molecule has 0 saturated carbocycles. The highest BCUT2D eigenvalue weighted by atomic mass is 35.5. The number of benzene rings is 2. The van der Waals surface area contributed by atoms with Crippen LogP contribution in [0.5, 0.6) is 5.75 Å². The Hall–Kier alpha value is -2.99. The highest BCUT2D eigenvalue weighted by molar-refractivity contribution is 6.31. The molecule has 2 heterocycles. The van der Waals surface area contributed by atoms with Crippen LogP contribution in [0, 0.1) is 0 Å². The molecule has 29 heavy (non-hydrogen) atoms. The van der Waals surface area contributed by atoms with Gasteiger partial charge in [-0.1, -0.05) is 29.8 Å². The predicted octanol–water partition coefficient (Wildman–Crippen LogP) is 4.10. The van der Waals surface area contributed by atoms with E-state index in [-0.39, 0.29) is 6.04 Å². The lowest BCUT2D eigenvalue weighted by atomic mass is 9.91. The third-order valence-corrected chi connectivity index (χ3v) is 6.03. The largest absolute Gasteiger partial charge is 0.466 e. The van der Waals surface area contributed by atoms with Gasteiger partial charge in [0.2, 0.25) is 0 Å². The summed E-state index contributed by atoms with van der Waals surface area (Å²) in [6.07, 6.45) is 2.73. The number of ether oxygens (including phenoxy) is 1. The van der Waals surface area contributed by atoms with Gasteiger partial charge in [0, 0.05) is 21.6 Å². The molecule has 0 spiro atoms. The number of hydrogen-bond acceptors (Lipinski definition) is 3. The zero-order valence-electron chi connectivity index (χ0n) is 15.8. The smallest absolute Gasteiger partial charge is 0.278 e. The molecule has 1 aromatic heterocycles. The molecule has 2 aliphatic rings. The SMILES string of the molecule is CC1(C(=O)NC2CCCc3c2[nH]c2ccccc32)Oc2ccc(Cl)cc2NC1=O. The minimum atomic E-state index is -1.66. The summed E-state index contributed by atoms with van der Waals surface area (Å²) < 4.78 is 5.84. The first kappa shape index (κ1) is 18.1. The van der Waals surface area contributed by atoms with E-state index in [0.717, 1.165) is 30.5 Å². The molecule has 1 aliphatic carbocycles. The first-order chi connectivity index (χ1) is 14.0. The van der Waals surface area contributed by atoms with Gasteiger partial charge in [-0.2, -0.15) is 0 Å². The zero-order valence-corrected chi connectivity index (χ0v) is 16.6. The summed E-state index contributed by atoms with van der Waals surface area (Å²) in [4.78, 5) is 29.3. The fourth-order valence-corrected chi connectivity index (χ4v) is 4.37. The van der Waals surface area contributed by atoms with Gasteiger partial charge in [-0.15, -0.1) is 0 Å². The van der Waals surface area contributed by atoms with Crippen LogP contribution < -0.4 is 15.4 Å². The lowest BCUT2D eigenvalue weighted by Crippen LogP contribution is -2.59. The van der Waals surface area contributed by atoms with Crippen LogP contribution in [-0.2, 0) is 16.0 Å². The van der Waals surface area contributed by atoms with Crippen LogP contribution in [0.25, 0.3) is 10.9 Å². The van der Waals surface area contributed by atoms with E-state index < -0.39 is 17.4 Å². The van der Waals surface area contributed by atoms with Crippen molar-refractivity contribution in [3.63, 3.8) is 0 Å². The second kappa shape index (κ2) is 6.52. The lowest BCUT2D eigenvalue weighted by Gasteiger charge is -2.35. The van der Waals surface area contributed by atoms with Crippen LogP contribution in [0.1, 0.15) is 37.1 Å². The summed E-state index contributed by atoms with van der Waals surface area (Å²) in [5.74, 6) is -0.564. The van der Waals surface area contributed by atoms with Gasteiger partial charge in [0.05, 0.1) is 11.7 Å². The minimum absolute atomic E-state index is 0.196. The van der Waals surface area contributed by atoms with E-state index in [0.29, 0.717) is 16.5 Å². The van der Waals surface area contributed by atoms with Crippen molar-refractivity contribution >= 4 is 40.0 Å². The van der Waals surface area contributed by atoms with Gasteiger partial charge in [-0.3, -0.25) is 9.59 Å². The number of aromatic nitrogens is 1. The molecule has 2 atom stereocenters. The van der Waals surface area contributed by atoms with Gasteiger partial charge in [0.1, 0.15) is 5.75 Å². The molecule has 1 aliphatic heterocycles. The molecule has 2 unspecified atom stereocenters. The fourth-order valence-electron chi connectivity index (χ4n) is 4.20. The number of para-hydroxylation sites is 1. The number of aryl methyl sites for hydroxylation is 1. The van der Waals surface area contributed by atoms with Crippen LogP contribution in [0.15, 0.2) is 42.5 Å². The molecule has 0 fully saturated rings. The number of nitrogens with one attached hydrogen (secondary N) is 3. The number of rotatable bonds is 2. The van der Waals surface area contributed by atoms with Crippen molar-refractivity contribution < 1.29 is 14.3 Å². The quantitative estimate of drug-likeness (QED) is 0.557. The molecular formula is C22H20ClN3O3. The maximum Gasteiger partial charge on any atom is 0.278 e. The van der Waals surface area contributed by atoms with E-state index >= 15 is 0 Å². The van der Waals surface area contributed by atoms with Crippen molar-refractivity contribution in [3.05, 3.63) is 58.7 Å². The van der Waals surface area contributed by atoms with Gasteiger partial charge in [0.15, 0.2) is 0 Å². The molecule has 6 nitrogen and oxygen atoms in total. The van der Waals surface area contributed by atoms with Gasteiger partial charge in [-0.05, 0) is 56.0 Å². The minimum Gasteiger partial charge on any atom is -0.466 e. The van der Waals surface area contributed by atoms with E-state index in [1.54, 1.807) is 18.2 Å². The molecule has 7 heteroatoms. The molecule has 148 valence electrons. The van der Waals surface area contributed by atoms with Crippen LogP contribution >= 0.6 is 11.6 Å². The average Bonchev–Trinajstić information content (AvgIpc) is 3.09. The van der Waals surface area contributed by atoms with E-state index in [1.165, 1.54) is 17.9 Å². The van der Waals surface area contributed by atoms with E-state index in [9.17, 15) is 9.59 Å². The Morgan fingerprint density at radius 2 is 2.10 bits per heavy atom. The third kappa shape index (κ3) is 2.86. The van der Waals surface area contributed by atoms with Crippen molar-refractivity contribution in [1.29, 1.82) is 0 Å². The number of fused-ring (bicyclic) bond motifs is 4. The topological polar surface area (TPSA) is 83.2 Å². The number of halogens is 1. The summed E-state index contributed by atoms with van der Waals surface area (Å²) in [7, 11) is 0. The molecular weight excluding hydrogens is 390 g/mol. The molecule has 0 saturated heterocycles. The second-order valence-corrected chi connectivity index (χ2v) is 8.15. The number of carbonyl (C=O) groups is 2. The van der Waals surface area contributed by atoms with Crippen LogP contribution in [0.2, 0.25) is 5.02 Å². The number of carbonyl (C=O) groups excluding carboxylic acids is 2. The molecule has 0 radical (unpaired) electrons. The van der Waals surface area contributed by atoms with Crippen molar-refractivity contribution in [2.75, 3.05) is 5.32 Å². The van der Waals surface area contributed by atoms with Crippen molar-refractivity contribution in [2.45, 2.75) is 37.8 Å².